The molecule has 16 heavy (non-hydrogen) atoms. The third-order valence-electron chi connectivity index (χ3n) is 3.15. The van der Waals surface area contributed by atoms with Crippen molar-refractivity contribution in [2.45, 2.75) is 25.7 Å². The molecular formula is C13H14O3. The average Bonchev–Trinajstić information content (AvgIpc) is 2.52. The first kappa shape index (κ1) is 9.70. The fourth-order valence-corrected chi connectivity index (χ4v) is 2.26. The molecule has 0 amide bonds. The number of carbonyl (C=O) groups is 1. The van der Waals surface area contributed by atoms with E-state index < -0.39 is 0 Å². The van der Waals surface area contributed by atoms with Crippen LogP contribution in [0.3, 0.4) is 0 Å². The summed E-state index contributed by atoms with van der Waals surface area (Å²) in [5.41, 5.74) is 1.86. The number of hydrogen-bond donors (Lipinski definition) is 0. The number of rotatable bonds is 0. The van der Waals surface area contributed by atoms with E-state index in [0.717, 1.165) is 37.4 Å². The lowest BCUT2D eigenvalue weighted by atomic mass is 10.00. The molecule has 0 atom stereocenters. The van der Waals surface area contributed by atoms with Gasteiger partial charge in [0, 0.05) is 6.42 Å². The van der Waals surface area contributed by atoms with Gasteiger partial charge in [-0.15, -0.1) is 0 Å². The second kappa shape index (κ2) is 3.81. The highest BCUT2D eigenvalue weighted by atomic mass is 16.5. The summed E-state index contributed by atoms with van der Waals surface area (Å²) in [6.07, 6.45) is 3.71. The molecule has 0 aromatic heterocycles. The quantitative estimate of drug-likeness (QED) is 0.670. The Morgan fingerprint density at radius 2 is 1.81 bits per heavy atom. The minimum Gasteiger partial charge on any atom is -0.493 e. The molecule has 3 rings (SSSR count). The topological polar surface area (TPSA) is 35.5 Å². The first-order valence-corrected chi connectivity index (χ1v) is 5.80. The molecule has 2 aliphatic heterocycles. The highest BCUT2D eigenvalue weighted by Gasteiger charge is 2.22. The normalized spacial score (nSPS) is 18.9. The largest absolute Gasteiger partial charge is 0.493 e. The van der Waals surface area contributed by atoms with E-state index in [4.69, 9.17) is 9.47 Å². The summed E-state index contributed by atoms with van der Waals surface area (Å²) in [6, 6.07) is 3.84. The molecule has 0 N–H and O–H groups in total. The molecule has 1 aromatic rings. The van der Waals surface area contributed by atoms with E-state index in [1.807, 2.05) is 12.1 Å². The Kier molecular flexibility index (Phi) is 2.31. The van der Waals surface area contributed by atoms with Gasteiger partial charge in [0.25, 0.3) is 0 Å². The monoisotopic (exact) mass is 218 g/mol. The van der Waals surface area contributed by atoms with Gasteiger partial charge < -0.3 is 9.47 Å². The third-order valence-corrected chi connectivity index (χ3v) is 3.15. The Hall–Kier alpha value is -1.51. The van der Waals surface area contributed by atoms with Gasteiger partial charge in [0.05, 0.1) is 18.8 Å². The Bertz CT molecular complexity index is 437. The van der Waals surface area contributed by atoms with E-state index in [1.54, 1.807) is 0 Å². The second-order valence-electron chi connectivity index (χ2n) is 4.28. The van der Waals surface area contributed by atoms with Crippen molar-refractivity contribution in [2.24, 2.45) is 0 Å². The van der Waals surface area contributed by atoms with E-state index in [0.29, 0.717) is 18.6 Å². The van der Waals surface area contributed by atoms with Crippen molar-refractivity contribution in [3.05, 3.63) is 23.3 Å². The van der Waals surface area contributed by atoms with Gasteiger partial charge in [-0.2, -0.15) is 0 Å². The van der Waals surface area contributed by atoms with Gasteiger partial charge in [0.2, 0.25) is 0 Å². The van der Waals surface area contributed by atoms with Crippen molar-refractivity contribution in [1.29, 1.82) is 0 Å². The molecule has 0 bridgehead atoms. The van der Waals surface area contributed by atoms with Crippen molar-refractivity contribution >= 4 is 5.78 Å². The van der Waals surface area contributed by atoms with Crippen molar-refractivity contribution in [3.8, 4) is 11.5 Å². The summed E-state index contributed by atoms with van der Waals surface area (Å²) in [4.78, 5) is 11.7. The van der Waals surface area contributed by atoms with Crippen molar-refractivity contribution in [2.75, 3.05) is 13.2 Å². The molecule has 84 valence electrons. The lowest BCUT2D eigenvalue weighted by Gasteiger charge is -2.18. The van der Waals surface area contributed by atoms with E-state index in [-0.39, 0.29) is 5.78 Å². The van der Waals surface area contributed by atoms with E-state index in [1.165, 1.54) is 5.56 Å². The molecule has 0 unspecified atom stereocenters. The molecule has 0 aliphatic carbocycles. The highest BCUT2D eigenvalue weighted by Crippen LogP contribution is 2.34. The van der Waals surface area contributed by atoms with Crippen LogP contribution in [-0.4, -0.2) is 19.0 Å². The number of fused-ring (bicyclic) bond motifs is 2. The Morgan fingerprint density at radius 3 is 2.75 bits per heavy atom. The molecule has 0 saturated heterocycles. The Balaban J connectivity index is 2.08. The molecule has 2 heterocycles. The minimum atomic E-state index is 0.164. The van der Waals surface area contributed by atoms with Gasteiger partial charge >= 0.3 is 0 Å². The number of benzene rings is 1. The maximum Gasteiger partial charge on any atom is 0.170 e. The lowest BCUT2D eigenvalue weighted by molar-refractivity contribution is 0.0933. The summed E-state index contributed by atoms with van der Waals surface area (Å²) < 4.78 is 11.2. The van der Waals surface area contributed by atoms with Gasteiger partial charge in [0.1, 0.15) is 11.5 Å². The molecule has 3 heteroatoms. The van der Waals surface area contributed by atoms with Crippen molar-refractivity contribution < 1.29 is 14.3 Å². The fraction of sp³-hybridized carbons (Fsp3) is 0.462. The van der Waals surface area contributed by atoms with E-state index in [2.05, 4.69) is 0 Å². The van der Waals surface area contributed by atoms with Crippen LogP contribution in [0.4, 0.5) is 0 Å². The molecule has 2 aliphatic rings. The van der Waals surface area contributed by atoms with Gasteiger partial charge in [-0.1, -0.05) is 0 Å². The predicted molar refractivity (Wildman–Crippen MR) is 59.3 cm³/mol. The number of aryl methyl sites for hydroxylation is 1. The number of hydrogen-bond acceptors (Lipinski definition) is 3. The zero-order chi connectivity index (χ0) is 11.0. The standard InChI is InChI=1S/C13H14O3/c14-11-4-6-16-13-7-9-3-1-2-5-15-12(9)8-10(11)13/h7-8H,1-6H2. The first-order valence-electron chi connectivity index (χ1n) is 5.80. The van der Waals surface area contributed by atoms with Crippen LogP contribution in [0, 0.1) is 0 Å². The van der Waals surface area contributed by atoms with Crippen LogP contribution in [0.1, 0.15) is 35.2 Å². The lowest BCUT2D eigenvalue weighted by Crippen LogP contribution is -2.15. The molecule has 3 nitrogen and oxygen atoms in total. The van der Waals surface area contributed by atoms with Crippen LogP contribution in [-0.2, 0) is 6.42 Å². The summed E-state index contributed by atoms with van der Waals surface area (Å²) in [7, 11) is 0. The fourth-order valence-electron chi connectivity index (χ4n) is 2.26. The zero-order valence-electron chi connectivity index (χ0n) is 9.12. The number of ether oxygens (including phenoxy) is 2. The molecule has 0 radical (unpaired) electrons. The second-order valence-corrected chi connectivity index (χ2v) is 4.28. The average molecular weight is 218 g/mol. The molecular weight excluding hydrogens is 204 g/mol. The van der Waals surface area contributed by atoms with Crippen LogP contribution in [0.5, 0.6) is 11.5 Å². The maximum atomic E-state index is 11.7. The number of Topliss-reactive ketones (excluding diaryl/α,β-unsaturated/α-hetero) is 1. The Labute approximate surface area is 94.4 Å². The number of ketones is 1. The Morgan fingerprint density at radius 1 is 0.938 bits per heavy atom. The van der Waals surface area contributed by atoms with Crippen LogP contribution in [0.15, 0.2) is 12.1 Å². The molecule has 1 aromatic carbocycles. The highest BCUT2D eigenvalue weighted by molar-refractivity contribution is 6.00. The smallest absolute Gasteiger partial charge is 0.170 e. The first-order chi connectivity index (χ1) is 7.84. The third kappa shape index (κ3) is 1.56. The van der Waals surface area contributed by atoms with Gasteiger partial charge in [-0.25, -0.2) is 0 Å². The van der Waals surface area contributed by atoms with Crippen LogP contribution in [0.2, 0.25) is 0 Å². The predicted octanol–water partition coefficient (Wildman–Crippen LogP) is 2.37. The van der Waals surface area contributed by atoms with Crippen LogP contribution in [0.25, 0.3) is 0 Å². The molecule has 0 spiro atoms. The molecule has 0 saturated carbocycles. The SMILES string of the molecule is O=C1CCOc2cc3c(cc21)OCCCC3. The van der Waals surface area contributed by atoms with Crippen LogP contribution >= 0.6 is 0 Å². The summed E-state index contributed by atoms with van der Waals surface area (Å²) in [6.45, 7) is 1.26. The number of carbonyl (C=O) groups excluding carboxylic acids is 1. The van der Waals surface area contributed by atoms with Crippen molar-refractivity contribution in [3.63, 3.8) is 0 Å². The van der Waals surface area contributed by atoms with Gasteiger partial charge in [-0.05, 0) is 37.0 Å². The zero-order valence-corrected chi connectivity index (χ0v) is 9.12. The van der Waals surface area contributed by atoms with Gasteiger partial charge in [0.15, 0.2) is 5.78 Å². The van der Waals surface area contributed by atoms with E-state index >= 15 is 0 Å². The summed E-state index contributed by atoms with van der Waals surface area (Å²) >= 11 is 0. The summed E-state index contributed by atoms with van der Waals surface area (Å²) in [5, 5.41) is 0. The maximum absolute atomic E-state index is 11.7. The van der Waals surface area contributed by atoms with Gasteiger partial charge in [-0.3, -0.25) is 4.79 Å². The van der Waals surface area contributed by atoms with E-state index in [9.17, 15) is 4.79 Å². The van der Waals surface area contributed by atoms with Crippen molar-refractivity contribution in [1.82, 2.24) is 0 Å². The summed E-state index contributed by atoms with van der Waals surface area (Å²) in [5.74, 6) is 1.77. The van der Waals surface area contributed by atoms with Crippen LogP contribution < -0.4 is 9.47 Å². The molecule has 0 fully saturated rings. The minimum absolute atomic E-state index is 0.164.